The van der Waals surface area contributed by atoms with Crippen LogP contribution in [-0.2, 0) is 14.6 Å². The van der Waals surface area contributed by atoms with Gasteiger partial charge in [0.2, 0.25) is 5.91 Å². The molecule has 8 heteroatoms. The number of hydrogen-bond acceptors (Lipinski definition) is 5. The average molecular weight is 346 g/mol. The maximum atomic E-state index is 12.1. The molecule has 1 saturated heterocycles. The Labute approximate surface area is 135 Å². The first-order chi connectivity index (χ1) is 10.4. The smallest absolute Gasteiger partial charge is 0.238 e. The van der Waals surface area contributed by atoms with Crippen LogP contribution in [0.2, 0.25) is 5.02 Å². The van der Waals surface area contributed by atoms with Crippen molar-refractivity contribution < 1.29 is 13.2 Å². The van der Waals surface area contributed by atoms with Crippen molar-refractivity contribution in [2.75, 3.05) is 44.3 Å². The minimum Gasteiger partial charge on any atom is -0.324 e. The SMILES string of the molecule is CS(=O)(=O)c1ccc(Cl)c(NC(=O)CN2CCCNCC2)c1. The maximum absolute atomic E-state index is 12.1. The molecule has 0 bridgehead atoms. The van der Waals surface area contributed by atoms with Crippen LogP contribution in [0, 0.1) is 0 Å². The van der Waals surface area contributed by atoms with Crippen molar-refractivity contribution >= 4 is 33.0 Å². The van der Waals surface area contributed by atoms with Crippen LogP contribution >= 0.6 is 11.6 Å². The standard InChI is InChI=1S/C14H20ClN3O3S/c1-22(20,21)11-3-4-12(15)13(9-11)17-14(19)10-18-7-2-5-16-6-8-18/h3-4,9,16H,2,5-8,10H2,1H3,(H,17,19). The van der Waals surface area contributed by atoms with Crippen LogP contribution in [0.4, 0.5) is 5.69 Å². The van der Waals surface area contributed by atoms with Crippen LogP contribution in [-0.4, -0.2) is 58.2 Å². The monoisotopic (exact) mass is 345 g/mol. The van der Waals surface area contributed by atoms with Crippen molar-refractivity contribution in [3.8, 4) is 0 Å². The molecule has 0 aromatic heterocycles. The molecule has 2 N–H and O–H groups in total. The quantitative estimate of drug-likeness (QED) is 0.850. The molecule has 22 heavy (non-hydrogen) atoms. The highest BCUT2D eigenvalue weighted by molar-refractivity contribution is 7.90. The molecule has 0 saturated carbocycles. The molecule has 1 fully saturated rings. The van der Waals surface area contributed by atoms with Crippen molar-refractivity contribution in [3.05, 3.63) is 23.2 Å². The lowest BCUT2D eigenvalue weighted by molar-refractivity contribution is -0.117. The molecule has 2 rings (SSSR count). The highest BCUT2D eigenvalue weighted by Crippen LogP contribution is 2.25. The molecule has 1 heterocycles. The van der Waals surface area contributed by atoms with Crippen molar-refractivity contribution in [2.24, 2.45) is 0 Å². The Kier molecular flexibility index (Phi) is 5.80. The van der Waals surface area contributed by atoms with Gasteiger partial charge in [-0.05, 0) is 37.7 Å². The van der Waals surface area contributed by atoms with E-state index in [1.54, 1.807) is 0 Å². The fraction of sp³-hybridized carbons (Fsp3) is 0.500. The Morgan fingerprint density at radius 1 is 1.36 bits per heavy atom. The zero-order valence-electron chi connectivity index (χ0n) is 12.4. The molecule has 0 atom stereocenters. The summed E-state index contributed by atoms with van der Waals surface area (Å²) >= 11 is 6.03. The number of halogens is 1. The number of anilines is 1. The van der Waals surface area contributed by atoms with Crippen LogP contribution in [0.1, 0.15) is 6.42 Å². The Morgan fingerprint density at radius 3 is 2.86 bits per heavy atom. The van der Waals surface area contributed by atoms with Gasteiger partial charge >= 0.3 is 0 Å². The van der Waals surface area contributed by atoms with E-state index in [0.717, 1.165) is 38.9 Å². The third-order valence-corrected chi connectivity index (χ3v) is 4.88. The van der Waals surface area contributed by atoms with Gasteiger partial charge in [-0.1, -0.05) is 11.6 Å². The molecule has 1 amide bonds. The molecule has 6 nitrogen and oxygen atoms in total. The molecule has 1 aromatic carbocycles. The first-order valence-electron chi connectivity index (χ1n) is 7.09. The van der Waals surface area contributed by atoms with Crippen LogP contribution in [0.15, 0.2) is 23.1 Å². The summed E-state index contributed by atoms with van der Waals surface area (Å²) in [5.41, 5.74) is 0.322. The Bertz CT molecular complexity index is 641. The number of rotatable bonds is 4. The summed E-state index contributed by atoms with van der Waals surface area (Å²) in [6.45, 7) is 3.75. The van der Waals surface area contributed by atoms with Gasteiger partial charge in [-0.25, -0.2) is 8.42 Å². The lowest BCUT2D eigenvalue weighted by atomic mass is 10.3. The van der Waals surface area contributed by atoms with Crippen LogP contribution < -0.4 is 10.6 Å². The molecule has 0 aliphatic carbocycles. The molecule has 0 spiro atoms. The van der Waals surface area contributed by atoms with E-state index < -0.39 is 9.84 Å². The number of nitrogens with zero attached hydrogens (tertiary/aromatic N) is 1. The fourth-order valence-corrected chi connectivity index (χ4v) is 3.10. The second-order valence-electron chi connectivity index (χ2n) is 5.34. The van der Waals surface area contributed by atoms with Crippen LogP contribution in [0.3, 0.4) is 0 Å². The molecule has 0 unspecified atom stereocenters. The number of benzene rings is 1. The second-order valence-corrected chi connectivity index (χ2v) is 7.76. The van der Waals surface area contributed by atoms with E-state index in [4.69, 9.17) is 11.6 Å². The van der Waals surface area contributed by atoms with Gasteiger partial charge < -0.3 is 10.6 Å². The van der Waals surface area contributed by atoms with Crippen molar-refractivity contribution in [3.63, 3.8) is 0 Å². The zero-order chi connectivity index (χ0) is 16.2. The van der Waals surface area contributed by atoms with E-state index in [1.807, 2.05) is 0 Å². The number of amides is 1. The topological polar surface area (TPSA) is 78.5 Å². The van der Waals surface area contributed by atoms with Crippen LogP contribution in [0.25, 0.3) is 0 Å². The van der Waals surface area contributed by atoms with Gasteiger partial charge in [-0.2, -0.15) is 0 Å². The predicted molar refractivity (Wildman–Crippen MR) is 87.1 cm³/mol. The lowest BCUT2D eigenvalue weighted by Crippen LogP contribution is -2.35. The molecule has 1 aromatic rings. The molecule has 1 aliphatic heterocycles. The van der Waals surface area contributed by atoms with Crippen molar-refractivity contribution in [2.45, 2.75) is 11.3 Å². The van der Waals surface area contributed by atoms with E-state index in [2.05, 4.69) is 15.5 Å². The van der Waals surface area contributed by atoms with E-state index in [0.29, 0.717) is 10.7 Å². The third-order valence-electron chi connectivity index (χ3n) is 3.44. The lowest BCUT2D eigenvalue weighted by Gasteiger charge is -2.19. The van der Waals surface area contributed by atoms with E-state index in [9.17, 15) is 13.2 Å². The van der Waals surface area contributed by atoms with Gasteiger partial charge in [0.1, 0.15) is 0 Å². The van der Waals surface area contributed by atoms with Gasteiger partial charge in [0.25, 0.3) is 0 Å². The van der Waals surface area contributed by atoms with E-state index in [1.165, 1.54) is 18.2 Å². The largest absolute Gasteiger partial charge is 0.324 e. The number of carbonyl (C=O) groups is 1. The normalized spacial score (nSPS) is 17.0. The minimum absolute atomic E-state index is 0.131. The number of sulfone groups is 1. The number of hydrogen-bond donors (Lipinski definition) is 2. The third kappa shape index (κ3) is 4.95. The van der Waals surface area contributed by atoms with Crippen molar-refractivity contribution in [1.29, 1.82) is 0 Å². The van der Waals surface area contributed by atoms with Gasteiger partial charge in [-0.3, -0.25) is 9.69 Å². The van der Waals surface area contributed by atoms with Gasteiger partial charge in [0.15, 0.2) is 9.84 Å². The highest BCUT2D eigenvalue weighted by Gasteiger charge is 2.15. The molecular formula is C14H20ClN3O3S. The Morgan fingerprint density at radius 2 is 2.14 bits per heavy atom. The highest BCUT2D eigenvalue weighted by atomic mass is 35.5. The predicted octanol–water partition coefficient (Wildman–Crippen LogP) is 0.977. The summed E-state index contributed by atoms with van der Waals surface area (Å²) < 4.78 is 23.1. The fourth-order valence-electron chi connectivity index (χ4n) is 2.28. The maximum Gasteiger partial charge on any atom is 0.238 e. The zero-order valence-corrected chi connectivity index (χ0v) is 14.0. The van der Waals surface area contributed by atoms with E-state index in [-0.39, 0.29) is 17.3 Å². The van der Waals surface area contributed by atoms with Gasteiger partial charge in [0, 0.05) is 19.3 Å². The number of nitrogens with one attached hydrogen (secondary N) is 2. The Balaban J connectivity index is 2.04. The summed E-state index contributed by atoms with van der Waals surface area (Å²) in [4.78, 5) is 14.3. The molecular weight excluding hydrogens is 326 g/mol. The van der Waals surface area contributed by atoms with E-state index >= 15 is 0 Å². The van der Waals surface area contributed by atoms with Gasteiger partial charge in [0.05, 0.1) is 22.2 Å². The first kappa shape index (κ1) is 17.2. The number of carbonyl (C=O) groups excluding carboxylic acids is 1. The summed E-state index contributed by atoms with van der Waals surface area (Å²) in [7, 11) is -3.34. The molecule has 122 valence electrons. The minimum atomic E-state index is -3.34. The van der Waals surface area contributed by atoms with Crippen molar-refractivity contribution in [1.82, 2.24) is 10.2 Å². The summed E-state index contributed by atoms with van der Waals surface area (Å²) in [5.74, 6) is -0.200. The Hall–Kier alpha value is -1.15. The summed E-state index contributed by atoms with van der Waals surface area (Å²) in [6, 6.07) is 4.29. The first-order valence-corrected chi connectivity index (χ1v) is 9.36. The summed E-state index contributed by atoms with van der Waals surface area (Å²) in [5, 5.41) is 6.28. The van der Waals surface area contributed by atoms with Gasteiger partial charge in [-0.15, -0.1) is 0 Å². The van der Waals surface area contributed by atoms with Crippen LogP contribution in [0.5, 0.6) is 0 Å². The second kappa shape index (κ2) is 7.41. The molecule has 1 aliphatic rings. The average Bonchev–Trinajstić information content (AvgIpc) is 2.68. The molecule has 0 radical (unpaired) electrons. The summed E-state index contributed by atoms with van der Waals surface area (Å²) in [6.07, 6.45) is 2.11.